The Morgan fingerprint density at radius 1 is 1.05 bits per heavy atom. The van der Waals surface area contributed by atoms with Crippen molar-refractivity contribution in [3.8, 4) is 0 Å². The molecule has 1 aliphatic heterocycles. The van der Waals surface area contributed by atoms with E-state index in [1.165, 1.54) is 24.3 Å². The third-order valence-corrected chi connectivity index (χ3v) is 3.87. The number of likely N-dealkylation sites (tertiary alicyclic amines) is 1. The summed E-state index contributed by atoms with van der Waals surface area (Å²) in [6, 6.07) is 12.0. The van der Waals surface area contributed by atoms with Gasteiger partial charge in [0.05, 0.1) is 11.6 Å². The van der Waals surface area contributed by atoms with Crippen LogP contribution in [0.1, 0.15) is 34.8 Å². The van der Waals surface area contributed by atoms with Crippen LogP contribution in [-0.4, -0.2) is 17.4 Å². The van der Waals surface area contributed by atoms with Crippen LogP contribution in [0.3, 0.4) is 0 Å². The minimum Gasteiger partial charge on any atom is -0.332 e. The molecular formula is C17H15F2NO. The quantitative estimate of drug-likeness (QED) is 0.819. The third kappa shape index (κ3) is 2.66. The summed E-state index contributed by atoms with van der Waals surface area (Å²) in [4.78, 5) is 14.2. The maximum Gasteiger partial charge on any atom is 0.257 e. The topological polar surface area (TPSA) is 20.3 Å². The zero-order chi connectivity index (χ0) is 14.8. The summed E-state index contributed by atoms with van der Waals surface area (Å²) >= 11 is 0. The number of carbonyl (C=O) groups is 1. The number of carbonyl (C=O) groups excluding carboxylic acids is 1. The zero-order valence-corrected chi connectivity index (χ0v) is 11.4. The number of amides is 1. The molecule has 1 fully saturated rings. The Hall–Kier alpha value is -2.23. The molecule has 0 N–H and O–H groups in total. The van der Waals surface area contributed by atoms with Crippen molar-refractivity contribution in [2.24, 2.45) is 0 Å². The highest BCUT2D eigenvalue weighted by Gasteiger charge is 2.31. The Morgan fingerprint density at radius 3 is 2.48 bits per heavy atom. The average Bonchev–Trinajstić information content (AvgIpc) is 2.97. The van der Waals surface area contributed by atoms with Gasteiger partial charge in [0.25, 0.3) is 5.91 Å². The van der Waals surface area contributed by atoms with E-state index in [1.54, 1.807) is 29.2 Å². The van der Waals surface area contributed by atoms with Gasteiger partial charge in [0.15, 0.2) is 0 Å². The fourth-order valence-corrected chi connectivity index (χ4v) is 2.83. The van der Waals surface area contributed by atoms with Crippen LogP contribution in [-0.2, 0) is 0 Å². The van der Waals surface area contributed by atoms with Gasteiger partial charge in [-0.2, -0.15) is 0 Å². The van der Waals surface area contributed by atoms with Crippen LogP contribution >= 0.6 is 0 Å². The van der Waals surface area contributed by atoms with Gasteiger partial charge in [0.1, 0.15) is 11.6 Å². The predicted molar refractivity (Wildman–Crippen MR) is 75.8 cm³/mol. The van der Waals surface area contributed by atoms with Gasteiger partial charge in [-0.3, -0.25) is 4.79 Å². The molecule has 1 saturated heterocycles. The van der Waals surface area contributed by atoms with E-state index in [2.05, 4.69) is 0 Å². The summed E-state index contributed by atoms with van der Waals surface area (Å²) < 4.78 is 26.8. The summed E-state index contributed by atoms with van der Waals surface area (Å²) in [5.74, 6) is -1.11. The van der Waals surface area contributed by atoms with Crippen molar-refractivity contribution in [1.29, 1.82) is 0 Å². The van der Waals surface area contributed by atoms with E-state index >= 15 is 0 Å². The van der Waals surface area contributed by atoms with E-state index in [0.29, 0.717) is 6.54 Å². The highest BCUT2D eigenvalue weighted by molar-refractivity contribution is 5.95. The lowest BCUT2D eigenvalue weighted by atomic mass is 10.0. The van der Waals surface area contributed by atoms with E-state index in [4.69, 9.17) is 0 Å². The fraction of sp³-hybridized carbons (Fsp3) is 0.235. The van der Waals surface area contributed by atoms with Crippen LogP contribution in [0, 0.1) is 11.6 Å². The fourth-order valence-electron chi connectivity index (χ4n) is 2.83. The molecule has 2 aromatic carbocycles. The molecule has 0 aliphatic carbocycles. The number of nitrogens with zero attached hydrogens (tertiary/aromatic N) is 1. The number of hydrogen-bond donors (Lipinski definition) is 0. The van der Waals surface area contributed by atoms with Crippen LogP contribution in [0.15, 0.2) is 48.5 Å². The maximum atomic E-state index is 13.8. The van der Waals surface area contributed by atoms with Crippen LogP contribution in [0.5, 0.6) is 0 Å². The van der Waals surface area contributed by atoms with Gasteiger partial charge < -0.3 is 4.90 Å². The Bertz CT molecular complexity index is 654. The third-order valence-electron chi connectivity index (χ3n) is 3.87. The molecule has 0 radical (unpaired) electrons. The van der Waals surface area contributed by atoms with Crippen molar-refractivity contribution in [1.82, 2.24) is 4.90 Å². The van der Waals surface area contributed by atoms with Crippen molar-refractivity contribution < 1.29 is 13.6 Å². The molecule has 2 aromatic rings. The first-order chi connectivity index (χ1) is 10.2. The molecule has 0 spiro atoms. The lowest BCUT2D eigenvalue weighted by Gasteiger charge is -2.25. The number of rotatable bonds is 2. The van der Waals surface area contributed by atoms with Gasteiger partial charge in [0, 0.05) is 6.54 Å². The smallest absolute Gasteiger partial charge is 0.257 e. The Labute approximate surface area is 122 Å². The van der Waals surface area contributed by atoms with Crippen molar-refractivity contribution in [2.45, 2.75) is 18.9 Å². The normalized spacial score (nSPS) is 18.0. The van der Waals surface area contributed by atoms with Crippen molar-refractivity contribution >= 4 is 5.91 Å². The minimum atomic E-state index is -0.507. The van der Waals surface area contributed by atoms with Crippen molar-refractivity contribution in [3.63, 3.8) is 0 Å². The van der Waals surface area contributed by atoms with E-state index in [1.807, 2.05) is 0 Å². The Balaban J connectivity index is 1.89. The SMILES string of the molecule is O=C(c1ccccc1F)N1CCC[C@@H]1c1ccc(F)cc1. The van der Waals surface area contributed by atoms with Gasteiger partial charge >= 0.3 is 0 Å². The van der Waals surface area contributed by atoms with Crippen molar-refractivity contribution in [3.05, 3.63) is 71.3 Å². The number of halogens is 2. The summed E-state index contributed by atoms with van der Waals surface area (Å²) in [6.07, 6.45) is 1.67. The van der Waals surface area contributed by atoms with E-state index in [9.17, 15) is 13.6 Å². The lowest BCUT2D eigenvalue weighted by Crippen LogP contribution is -2.31. The predicted octanol–water partition coefficient (Wildman–Crippen LogP) is 3.94. The van der Waals surface area contributed by atoms with Gasteiger partial charge in [-0.05, 0) is 42.7 Å². The molecule has 108 valence electrons. The second-order valence-corrected chi connectivity index (χ2v) is 5.19. The molecule has 1 amide bonds. The lowest BCUT2D eigenvalue weighted by molar-refractivity contribution is 0.0731. The van der Waals surface area contributed by atoms with Crippen LogP contribution in [0.4, 0.5) is 8.78 Å². The molecule has 0 bridgehead atoms. The standard InChI is InChI=1S/C17H15F2NO/c18-13-9-7-12(8-10-13)16-6-3-11-20(16)17(21)14-4-1-2-5-15(14)19/h1-2,4-5,7-10,16H,3,6,11H2/t16-/m1/s1. The summed E-state index contributed by atoms with van der Waals surface area (Å²) in [5.41, 5.74) is 0.977. The van der Waals surface area contributed by atoms with Gasteiger partial charge in [-0.1, -0.05) is 24.3 Å². The van der Waals surface area contributed by atoms with E-state index in [0.717, 1.165) is 18.4 Å². The molecule has 4 heteroatoms. The summed E-state index contributed by atoms with van der Waals surface area (Å²) in [5, 5.41) is 0. The molecule has 1 atom stereocenters. The monoisotopic (exact) mass is 287 g/mol. The molecule has 2 nitrogen and oxygen atoms in total. The number of benzene rings is 2. The maximum absolute atomic E-state index is 13.8. The van der Waals surface area contributed by atoms with Gasteiger partial charge in [0.2, 0.25) is 0 Å². The molecule has 0 unspecified atom stereocenters. The van der Waals surface area contributed by atoms with Crippen LogP contribution in [0.2, 0.25) is 0 Å². The van der Waals surface area contributed by atoms with Crippen molar-refractivity contribution in [2.75, 3.05) is 6.54 Å². The average molecular weight is 287 g/mol. The highest BCUT2D eigenvalue weighted by Crippen LogP contribution is 2.33. The van der Waals surface area contributed by atoms with E-state index in [-0.39, 0.29) is 23.3 Å². The second-order valence-electron chi connectivity index (χ2n) is 5.19. The van der Waals surface area contributed by atoms with Crippen LogP contribution in [0.25, 0.3) is 0 Å². The van der Waals surface area contributed by atoms with Crippen LogP contribution < -0.4 is 0 Å². The van der Waals surface area contributed by atoms with Gasteiger partial charge in [-0.15, -0.1) is 0 Å². The van der Waals surface area contributed by atoms with Gasteiger partial charge in [-0.25, -0.2) is 8.78 Å². The molecule has 1 aliphatic rings. The molecule has 3 rings (SSSR count). The zero-order valence-electron chi connectivity index (χ0n) is 11.4. The van der Waals surface area contributed by atoms with E-state index < -0.39 is 5.82 Å². The number of hydrogen-bond acceptors (Lipinski definition) is 1. The second kappa shape index (κ2) is 5.64. The highest BCUT2D eigenvalue weighted by atomic mass is 19.1. The molecule has 0 aromatic heterocycles. The molecule has 1 heterocycles. The summed E-state index contributed by atoms with van der Waals surface area (Å²) in [7, 11) is 0. The Morgan fingerprint density at radius 2 is 1.76 bits per heavy atom. The summed E-state index contributed by atoms with van der Waals surface area (Å²) in [6.45, 7) is 0.592. The Kier molecular flexibility index (Phi) is 3.69. The minimum absolute atomic E-state index is 0.0894. The first-order valence-electron chi connectivity index (χ1n) is 6.98. The molecular weight excluding hydrogens is 272 g/mol. The first kappa shape index (κ1) is 13.7. The molecule has 0 saturated carbocycles. The largest absolute Gasteiger partial charge is 0.332 e. The molecule has 21 heavy (non-hydrogen) atoms. The first-order valence-corrected chi connectivity index (χ1v) is 6.98.